The minimum Gasteiger partial charge on any atom is -0.497 e. The van der Waals surface area contributed by atoms with Gasteiger partial charge in [0, 0.05) is 26.8 Å². The second kappa shape index (κ2) is 14.5. The van der Waals surface area contributed by atoms with Gasteiger partial charge in [-0.25, -0.2) is 0 Å². The molecule has 6 nitrogen and oxygen atoms in total. The topological polar surface area (TPSA) is 78.1 Å². The number of benzene rings is 1. The van der Waals surface area contributed by atoms with E-state index >= 15 is 0 Å². The summed E-state index contributed by atoms with van der Waals surface area (Å²) in [5, 5.41) is 3.11. The van der Waals surface area contributed by atoms with Crippen LogP contribution in [0.3, 0.4) is 0 Å². The molecule has 0 aliphatic carbocycles. The third-order valence-corrected chi connectivity index (χ3v) is 3.04. The maximum absolute atomic E-state index is 5.80. The molecule has 0 saturated carbocycles. The average Bonchev–Trinajstić information content (AvgIpc) is 2.54. The molecule has 0 bridgehead atoms. The van der Waals surface area contributed by atoms with Crippen molar-refractivity contribution in [3.05, 3.63) is 29.8 Å². The maximum atomic E-state index is 5.80. The zero-order valence-corrected chi connectivity index (χ0v) is 16.2. The average molecular weight is 437 g/mol. The van der Waals surface area contributed by atoms with Crippen LogP contribution in [0.25, 0.3) is 0 Å². The Morgan fingerprint density at radius 2 is 1.87 bits per heavy atom. The minimum absolute atomic E-state index is 0. The van der Waals surface area contributed by atoms with Gasteiger partial charge in [-0.05, 0) is 30.5 Å². The molecule has 0 fully saturated rings. The van der Waals surface area contributed by atoms with Gasteiger partial charge in [0.05, 0.1) is 20.3 Å². The lowest BCUT2D eigenvalue weighted by Crippen LogP contribution is -2.33. The van der Waals surface area contributed by atoms with Crippen molar-refractivity contribution in [3.63, 3.8) is 0 Å². The number of aliphatic imine (C=N–C) groups is 1. The number of guanidine groups is 1. The van der Waals surface area contributed by atoms with Crippen LogP contribution >= 0.6 is 24.0 Å². The van der Waals surface area contributed by atoms with Gasteiger partial charge in [0.2, 0.25) is 0 Å². The van der Waals surface area contributed by atoms with E-state index in [-0.39, 0.29) is 24.0 Å². The van der Waals surface area contributed by atoms with Crippen molar-refractivity contribution in [3.8, 4) is 5.75 Å². The quantitative estimate of drug-likeness (QED) is 0.239. The van der Waals surface area contributed by atoms with Gasteiger partial charge in [0.1, 0.15) is 5.75 Å². The highest BCUT2D eigenvalue weighted by Crippen LogP contribution is 2.11. The zero-order chi connectivity index (χ0) is 16.0. The second-order valence-electron chi connectivity index (χ2n) is 4.75. The fourth-order valence-electron chi connectivity index (χ4n) is 1.79. The van der Waals surface area contributed by atoms with Crippen LogP contribution in [0.5, 0.6) is 5.75 Å². The third-order valence-electron chi connectivity index (χ3n) is 3.04. The van der Waals surface area contributed by atoms with Crippen LogP contribution in [0.2, 0.25) is 0 Å². The van der Waals surface area contributed by atoms with Crippen LogP contribution < -0.4 is 15.8 Å². The summed E-state index contributed by atoms with van der Waals surface area (Å²) in [6.45, 7) is 3.33. The van der Waals surface area contributed by atoms with Crippen LogP contribution in [0.15, 0.2) is 29.3 Å². The molecule has 1 rings (SSSR count). The van der Waals surface area contributed by atoms with Crippen molar-refractivity contribution >= 4 is 29.9 Å². The number of hydrogen-bond donors (Lipinski definition) is 2. The Hall–Kier alpha value is -1.06. The predicted octanol–water partition coefficient (Wildman–Crippen LogP) is 1.81. The molecule has 0 saturated heterocycles. The Morgan fingerprint density at radius 3 is 2.52 bits per heavy atom. The van der Waals surface area contributed by atoms with Crippen LogP contribution in [-0.2, 0) is 15.9 Å². The first-order valence-electron chi connectivity index (χ1n) is 7.49. The summed E-state index contributed by atoms with van der Waals surface area (Å²) in [4.78, 5) is 4.25. The van der Waals surface area contributed by atoms with Crippen LogP contribution in [0.1, 0.15) is 12.0 Å². The first-order chi connectivity index (χ1) is 10.8. The fraction of sp³-hybridized carbons (Fsp3) is 0.562. The van der Waals surface area contributed by atoms with E-state index in [2.05, 4.69) is 10.3 Å². The number of hydrogen-bond acceptors (Lipinski definition) is 4. The lowest BCUT2D eigenvalue weighted by atomic mass is 10.1. The van der Waals surface area contributed by atoms with Gasteiger partial charge in [-0.1, -0.05) is 12.1 Å². The Morgan fingerprint density at radius 1 is 1.13 bits per heavy atom. The molecule has 0 aliphatic heterocycles. The molecule has 0 unspecified atom stereocenters. The number of ether oxygens (including phenoxy) is 3. The molecule has 132 valence electrons. The molecular formula is C16H28IN3O3. The minimum atomic E-state index is 0. The molecule has 0 amide bonds. The third kappa shape index (κ3) is 11.2. The zero-order valence-electron chi connectivity index (χ0n) is 13.9. The lowest BCUT2D eigenvalue weighted by molar-refractivity contribution is 0.0702. The Balaban J connectivity index is 0.00000484. The molecule has 0 spiro atoms. The van der Waals surface area contributed by atoms with Gasteiger partial charge in [-0.15, -0.1) is 24.0 Å². The number of methoxy groups -OCH3 is 2. The molecule has 1 aromatic rings. The van der Waals surface area contributed by atoms with Gasteiger partial charge in [-0.2, -0.15) is 0 Å². The largest absolute Gasteiger partial charge is 0.497 e. The Labute approximate surface area is 155 Å². The molecule has 0 aliphatic rings. The molecule has 1 aromatic carbocycles. The van der Waals surface area contributed by atoms with Gasteiger partial charge >= 0.3 is 0 Å². The molecule has 7 heteroatoms. The first kappa shape index (κ1) is 21.9. The molecule has 0 heterocycles. The highest BCUT2D eigenvalue weighted by molar-refractivity contribution is 14.0. The molecule has 3 N–H and O–H groups in total. The van der Waals surface area contributed by atoms with Crippen molar-refractivity contribution in [2.24, 2.45) is 10.7 Å². The van der Waals surface area contributed by atoms with Crippen molar-refractivity contribution in [1.82, 2.24) is 5.32 Å². The summed E-state index contributed by atoms with van der Waals surface area (Å²) in [5.74, 6) is 1.34. The van der Waals surface area contributed by atoms with E-state index in [1.165, 1.54) is 5.56 Å². The summed E-state index contributed by atoms with van der Waals surface area (Å²) in [5.41, 5.74) is 7.03. The van der Waals surface area contributed by atoms with Crippen LogP contribution in [0.4, 0.5) is 0 Å². The maximum Gasteiger partial charge on any atom is 0.188 e. The van der Waals surface area contributed by atoms with Crippen molar-refractivity contribution in [1.29, 1.82) is 0 Å². The van der Waals surface area contributed by atoms with E-state index in [9.17, 15) is 0 Å². The van der Waals surface area contributed by atoms with E-state index in [0.29, 0.717) is 32.3 Å². The van der Waals surface area contributed by atoms with Gasteiger partial charge in [0.15, 0.2) is 5.96 Å². The summed E-state index contributed by atoms with van der Waals surface area (Å²) in [6.07, 6.45) is 1.74. The van der Waals surface area contributed by atoms with Gasteiger partial charge in [-0.3, -0.25) is 4.99 Å². The van der Waals surface area contributed by atoms with Crippen molar-refractivity contribution in [2.75, 3.05) is 47.1 Å². The van der Waals surface area contributed by atoms with Gasteiger partial charge in [0.25, 0.3) is 0 Å². The van der Waals surface area contributed by atoms with Crippen LogP contribution in [0, 0.1) is 0 Å². The van der Waals surface area contributed by atoms with E-state index in [1.807, 2.05) is 24.3 Å². The number of nitrogens with two attached hydrogens (primary N) is 1. The standard InChI is InChI=1S/C16H27N3O3.HI/c1-20-12-13-22-11-3-9-18-16(17)19-10-8-14-4-6-15(21-2)7-5-14;/h4-7H,3,8-13H2,1-2H3,(H3,17,18,19);1H. The van der Waals surface area contributed by atoms with Crippen molar-refractivity contribution in [2.45, 2.75) is 12.8 Å². The molecule has 0 atom stereocenters. The molecule has 23 heavy (non-hydrogen) atoms. The summed E-state index contributed by atoms with van der Waals surface area (Å²) >= 11 is 0. The number of rotatable bonds is 11. The van der Waals surface area contributed by atoms with Crippen molar-refractivity contribution < 1.29 is 14.2 Å². The summed E-state index contributed by atoms with van der Waals surface area (Å²) in [6, 6.07) is 8.00. The normalized spacial score (nSPS) is 11.0. The highest BCUT2D eigenvalue weighted by atomic mass is 127. The first-order valence-corrected chi connectivity index (χ1v) is 7.49. The van der Waals surface area contributed by atoms with E-state index in [1.54, 1.807) is 14.2 Å². The predicted molar refractivity (Wildman–Crippen MR) is 104 cm³/mol. The summed E-state index contributed by atoms with van der Waals surface area (Å²) < 4.78 is 15.4. The van der Waals surface area contributed by atoms with E-state index in [4.69, 9.17) is 19.9 Å². The smallest absolute Gasteiger partial charge is 0.188 e. The molecule has 0 radical (unpaired) electrons. The Bertz CT molecular complexity index is 427. The number of nitrogens with one attached hydrogen (secondary N) is 1. The second-order valence-corrected chi connectivity index (χ2v) is 4.75. The number of nitrogens with zero attached hydrogens (tertiary/aromatic N) is 1. The monoisotopic (exact) mass is 437 g/mol. The lowest BCUT2D eigenvalue weighted by Gasteiger charge is -2.07. The molecule has 0 aromatic heterocycles. The SMILES string of the molecule is COCCOCCCN=C(N)NCCc1ccc(OC)cc1.I. The fourth-order valence-corrected chi connectivity index (χ4v) is 1.79. The van der Waals surface area contributed by atoms with E-state index < -0.39 is 0 Å². The summed E-state index contributed by atoms with van der Waals surface area (Å²) in [7, 11) is 3.32. The van der Waals surface area contributed by atoms with Gasteiger partial charge < -0.3 is 25.3 Å². The van der Waals surface area contributed by atoms with Crippen LogP contribution in [-0.4, -0.2) is 53.1 Å². The molecular weight excluding hydrogens is 409 g/mol. The Kier molecular flexibility index (Phi) is 13.9. The highest BCUT2D eigenvalue weighted by Gasteiger charge is 1.96. The number of halogens is 1. The van der Waals surface area contributed by atoms with E-state index in [0.717, 1.165) is 25.1 Å².